The average molecular weight is 381 g/mol. The Morgan fingerprint density at radius 3 is 2.82 bits per heavy atom. The summed E-state index contributed by atoms with van der Waals surface area (Å²) < 4.78 is 1.84. The maximum Gasteiger partial charge on any atom is 0.257 e. The minimum Gasteiger partial charge on any atom is -0.336 e. The molecule has 2 aromatic rings. The number of piperidine rings is 1. The van der Waals surface area contributed by atoms with E-state index in [1.807, 2.05) is 52.6 Å². The van der Waals surface area contributed by atoms with Crippen LogP contribution in [-0.4, -0.2) is 70.2 Å². The van der Waals surface area contributed by atoms with Crippen LogP contribution in [0.25, 0.3) is 5.69 Å². The van der Waals surface area contributed by atoms with Crippen molar-refractivity contribution in [2.75, 3.05) is 32.7 Å². The molecule has 2 saturated heterocycles. The highest BCUT2D eigenvalue weighted by Crippen LogP contribution is 2.22. The van der Waals surface area contributed by atoms with Crippen molar-refractivity contribution in [1.29, 1.82) is 0 Å². The number of aromatic nitrogens is 2. The van der Waals surface area contributed by atoms with Gasteiger partial charge in [0.05, 0.1) is 29.7 Å². The highest BCUT2D eigenvalue weighted by atomic mass is 16.2. The summed E-state index contributed by atoms with van der Waals surface area (Å²) in [5, 5.41) is 7.59. The first-order chi connectivity index (χ1) is 13.6. The van der Waals surface area contributed by atoms with Crippen LogP contribution < -0.4 is 5.32 Å². The van der Waals surface area contributed by atoms with E-state index in [-0.39, 0.29) is 17.9 Å². The van der Waals surface area contributed by atoms with E-state index < -0.39 is 0 Å². The zero-order chi connectivity index (χ0) is 19.7. The molecule has 7 nitrogen and oxygen atoms in total. The van der Waals surface area contributed by atoms with Gasteiger partial charge in [-0.05, 0) is 38.3 Å². The van der Waals surface area contributed by atoms with E-state index in [2.05, 4.69) is 10.4 Å². The van der Waals surface area contributed by atoms with Crippen molar-refractivity contribution in [1.82, 2.24) is 24.9 Å². The van der Waals surface area contributed by atoms with Crippen LogP contribution >= 0.6 is 0 Å². The maximum atomic E-state index is 13.2. The van der Waals surface area contributed by atoms with Crippen LogP contribution in [0, 0.1) is 13.8 Å². The number of nitrogens with zero attached hydrogens (tertiary/aromatic N) is 4. The second kappa shape index (κ2) is 7.75. The van der Waals surface area contributed by atoms with Gasteiger partial charge in [-0.3, -0.25) is 9.59 Å². The molecule has 1 N–H and O–H groups in total. The van der Waals surface area contributed by atoms with Crippen LogP contribution in [0.4, 0.5) is 0 Å². The fourth-order valence-corrected chi connectivity index (χ4v) is 4.23. The molecule has 1 aromatic carbocycles. The molecular weight excluding hydrogens is 354 g/mol. The third-order valence-corrected chi connectivity index (χ3v) is 5.83. The van der Waals surface area contributed by atoms with E-state index in [0.717, 1.165) is 49.4 Å². The number of nitrogens with one attached hydrogen (secondary N) is 1. The Morgan fingerprint density at radius 1 is 1.21 bits per heavy atom. The molecule has 148 valence electrons. The number of piperazine rings is 1. The third-order valence-electron chi connectivity index (χ3n) is 5.83. The van der Waals surface area contributed by atoms with E-state index in [4.69, 9.17) is 0 Å². The molecule has 2 amide bonds. The van der Waals surface area contributed by atoms with Gasteiger partial charge < -0.3 is 15.1 Å². The lowest BCUT2D eigenvalue weighted by atomic mass is 10.0. The predicted octanol–water partition coefficient (Wildman–Crippen LogP) is 1.53. The standard InChI is InChI=1S/C21H27N5O2/c1-15-6-3-4-8-19(15)26-16(2)18(12-23-26)21(28)24-10-5-7-17(14-24)25-11-9-22-13-20(25)27/h3-4,6,8,12,17,22H,5,7,9-11,13-14H2,1-2H3. The average Bonchev–Trinajstić information content (AvgIpc) is 3.09. The normalized spacial score (nSPS) is 20.5. The molecule has 0 aliphatic carbocycles. The zero-order valence-corrected chi connectivity index (χ0v) is 16.5. The topological polar surface area (TPSA) is 70.5 Å². The molecular formula is C21H27N5O2. The summed E-state index contributed by atoms with van der Waals surface area (Å²) in [7, 11) is 0. The number of rotatable bonds is 3. The van der Waals surface area contributed by atoms with Gasteiger partial charge in [0.2, 0.25) is 5.91 Å². The molecule has 1 aromatic heterocycles. The van der Waals surface area contributed by atoms with Crippen molar-refractivity contribution in [3.63, 3.8) is 0 Å². The second-order valence-corrected chi connectivity index (χ2v) is 7.65. The summed E-state index contributed by atoms with van der Waals surface area (Å²) in [6.07, 6.45) is 3.54. The lowest BCUT2D eigenvalue weighted by Gasteiger charge is -2.41. The monoisotopic (exact) mass is 381 g/mol. The van der Waals surface area contributed by atoms with Crippen molar-refractivity contribution >= 4 is 11.8 Å². The van der Waals surface area contributed by atoms with Gasteiger partial charge in [0.1, 0.15) is 0 Å². The van der Waals surface area contributed by atoms with E-state index in [9.17, 15) is 9.59 Å². The smallest absolute Gasteiger partial charge is 0.257 e. The summed E-state index contributed by atoms with van der Waals surface area (Å²) in [5.41, 5.74) is 3.58. The molecule has 3 heterocycles. The Morgan fingerprint density at radius 2 is 2.04 bits per heavy atom. The number of benzene rings is 1. The Balaban J connectivity index is 1.53. The zero-order valence-electron chi connectivity index (χ0n) is 16.5. The van der Waals surface area contributed by atoms with Crippen LogP contribution in [0.3, 0.4) is 0 Å². The number of carbonyl (C=O) groups is 2. The molecule has 2 aliphatic heterocycles. The first-order valence-corrected chi connectivity index (χ1v) is 9.96. The largest absolute Gasteiger partial charge is 0.336 e. The molecule has 0 radical (unpaired) electrons. The Bertz CT molecular complexity index is 891. The molecule has 28 heavy (non-hydrogen) atoms. The van der Waals surface area contributed by atoms with Crippen molar-refractivity contribution < 1.29 is 9.59 Å². The van der Waals surface area contributed by atoms with Crippen molar-refractivity contribution in [2.45, 2.75) is 32.7 Å². The van der Waals surface area contributed by atoms with Gasteiger partial charge in [-0.1, -0.05) is 18.2 Å². The quantitative estimate of drug-likeness (QED) is 0.875. The van der Waals surface area contributed by atoms with Crippen molar-refractivity contribution in [3.8, 4) is 5.69 Å². The van der Waals surface area contributed by atoms with Crippen LogP contribution in [0.5, 0.6) is 0 Å². The van der Waals surface area contributed by atoms with Gasteiger partial charge in [-0.25, -0.2) is 4.68 Å². The highest BCUT2D eigenvalue weighted by Gasteiger charge is 2.32. The number of hydrogen-bond acceptors (Lipinski definition) is 4. The maximum absolute atomic E-state index is 13.2. The fourth-order valence-electron chi connectivity index (χ4n) is 4.23. The lowest BCUT2D eigenvalue weighted by molar-refractivity contribution is -0.135. The number of para-hydroxylation sites is 1. The summed E-state index contributed by atoms with van der Waals surface area (Å²) in [4.78, 5) is 29.3. The fraction of sp³-hybridized carbons (Fsp3) is 0.476. The Hall–Kier alpha value is -2.67. The second-order valence-electron chi connectivity index (χ2n) is 7.65. The van der Waals surface area contributed by atoms with Gasteiger partial charge >= 0.3 is 0 Å². The summed E-state index contributed by atoms with van der Waals surface area (Å²) in [6, 6.07) is 8.13. The number of amides is 2. The van der Waals surface area contributed by atoms with Crippen molar-refractivity contribution in [2.24, 2.45) is 0 Å². The molecule has 0 bridgehead atoms. The first kappa shape index (κ1) is 18.7. The van der Waals surface area contributed by atoms with Crippen LogP contribution in [0.2, 0.25) is 0 Å². The molecule has 2 aliphatic rings. The molecule has 0 spiro atoms. The number of hydrogen-bond donors (Lipinski definition) is 1. The molecule has 1 atom stereocenters. The number of carbonyl (C=O) groups excluding carboxylic acids is 2. The minimum absolute atomic E-state index is 0.00428. The Kier molecular flexibility index (Phi) is 5.17. The number of likely N-dealkylation sites (tertiary alicyclic amines) is 1. The third kappa shape index (κ3) is 3.42. The van der Waals surface area contributed by atoms with Crippen molar-refractivity contribution in [3.05, 3.63) is 47.3 Å². The van der Waals surface area contributed by atoms with E-state index in [1.54, 1.807) is 6.20 Å². The van der Waals surface area contributed by atoms with Gasteiger partial charge in [-0.15, -0.1) is 0 Å². The molecule has 7 heteroatoms. The summed E-state index contributed by atoms with van der Waals surface area (Å²) in [5.74, 6) is 0.138. The molecule has 0 saturated carbocycles. The van der Waals surface area contributed by atoms with Gasteiger partial charge in [0.25, 0.3) is 5.91 Å². The SMILES string of the molecule is Cc1ccccc1-n1ncc(C(=O)N2CCCC(N3CCNCC3=O)C2)c1C. The summed E-state index contributed by atoms with van der Waals surface area (Å²) >= 11 is 0. The first-order valence-electron chi connectivity index (χ1n) is 9.96. The van der Waals surface area contributed by atoms with E-state index in [0.29, 0.717) is 18.7 Å². The van der Waals surface area contributed by atoms with E-state index in [1.165, 1.54) is 0 Å². The predicted molar refractivity (Wildman–Crippen MR) is 107 cm³/mol. The van der Waals surface area contributed by atoms with Crippen LogP contribution in [0.15, 0.2) is 30.5 Å². The molecule has 1 unspecified atom stereocenters. The minimum atomic E-state index is 0.00428. The molecule has 2 fully saturated rings. The van der Waals surface area contributed by atoms with E-state index >= 15 is 0 Å². The summed E-state index contributed by atoms with van der Waals surface area (Å²) in [6.45, 7) is 7.23. The van der Waals surface area contributed by atoms with Crippen LogP contribution in [0.1, 0.15) is 34.5 Å². The molecule has 4 rings (SSSR count). The van der Waals surface area contributed by atoms with Crippen LogP contribution in [-0.2, 0) is 4.79 Å². The highest BCUT2D eigenvalue weighted by molar-refractivity contribution is 5.95. The lowest BCUT2D eigenvalue weighted by Crippen LogP contribution is -2.57. The van der Waals surface area contributed by atoms with Gasteiger partial charge in [-0.2, -0.15) is 5.10 Å². The van der Waals surface area contributed by atoms with Gasteiger partial charge in [0, 0.05) is 32.2 Å². The number of aryl methyl sites for hydroxylation is 1. The van der Waals surface area contributed by atoms with Gasteiger partial charge in [0.15, 0.2) is 0 Å². The Labute approximate surface area is 165 Å².